The summed E-state index contributed by atoms with van der Waals surface area (Å²) in [7, 11) is 0. The summed E-state index contributed by atoms with van der Waals surface area (Å²) in [4.78, 5) is 6.78. The number of hydrogen-bond acceptors (Lipinski definition) is 3. The van der Waals surface area contributed by atoms with E-state index in [4.69, 9.17) is 0 Å². The van der Waals surface area contributed by atoms with Crippen LogP contribution in [0.5, 0.6) is 0 Å². The molecule has 0 radical (unpaired) electrons. The highest BCUT2D eigenvalue weighted by atomic mass is 79.9. The Hall–Kier alpha value is -1.81. The summed E-state index contributed by atoms with van der Waals surface area (Å²) in [6.45, 7) is 5.94. The monoisotopic (exact) mass is 359 g/mol. The first kappa shape index (κ1) is 16.6. The second-order valence-electron chi connectivity index (χ2n) is 5.20. The van der Waals surface area contributed by atoms with Gasteiger partial charge in [-0.2, -0.15) is 0 Å². The maximum Gasteiger partial charge on any atom is 0.194 e. The number of nitrogens with zero attached hydrogens (tertiary/aromatic N) is 2. The molecule has 0 aliphatic carbocycles. The Labute approximate surface area is 142 Å². The van der Waals surface area contributed by atoms with Crippen molar-refractivity contribution in [3.05, 3.63) is 60.2 Å². The van der Waals surface area contributed by atoms with Crippen LogP contribution in [0.4, 0.5) is 0 Å². The molecule has 0 saturated heterocycles. The van der Waals surface area contributed by atoms with Crippen molar-refractivity contribution in [1.29, 1.82) is 0 Å². The molecule has 4 heteroatoms. The van der Waals surface area contributed by atoms with Crippen LogP contribution in [0.2, 0.25) is 0 Å². The molecule has 0 aromatic heterocycles. The molecule has 0 unspecified atom stereocenters. The summed E-state index contributed by atoms with van der Waals surface area (Å²) in [5.41, 5.74) is 3.79. The smallest absolute Gasteiger partial charge is 0.194 e. The van der Waals surface area contributed by atoms with E-state index in [2.05, 4.69) is 70.7 Å². The fourth-order valence-corrected chi connectivity index (χ4v) is 2.58. The Morgan fingerprint density at radius 2 is 1.68 bits per heavy atom. The summed E-state index contributed by atoms with van der Waals surface area (Å²) in [5, 5.41) is 3.43. The van der Waals surface area contributed by atoms with Gasteiger partial charge in [-0.15, -0.1) is 17.0 Å². The van der Waals surface area contributed by atoms with Gasteiger partial charge in [-0.1, -0.05) is 54.6 Å². The Kier molecular flexibility index (Phi) is 6.01. The predicted octanol–water partition coefficient (Wildman–Crippen LogP) is 3.71. The van der Waals surface area contributed by atoms with Gasteiger partial charge in [0.15, 0.2) is 5.96 Å². The molecule has 1 heterocycles. The van der Waals surface area contributed by atoms with Gasteiger partial charge >= 0.3 is 0 Å². The number of guanidine groups is 1. The van der Waals surface area contributed by atoms with Gasteiger partial charge in [0.2, 0.25) is 0 Å². The number of hydrogen-bond donors (Lipinski definition) is 1. The molecule has 116 valence electrons. The average Bonchev–Trinajstić information content (AvgIpc) is 3.02. The number of benzene rings is 2. The third-order valence-corrected chi connectivity index (χ3v) is 3.82. The van der Waals surface area contributed by atoms with Crippen LogP contribution >= 0.6 is 17.0 Å². The molecule has 1 aliphatic heterocycles. The molecule has 0 bridgehead atoms. The van der Waals surface area contributed by atoms with E-state index in [9.17, 15) is 0 Å². The molecule has 1 aliphatic rings. The molecule has 0 fully saturated rings. The number of nitrogens with one attached hydrogen (secondary N) is 1. The summed E-state index contributed by atoms with van der Waals surface area (Å²) in [6.07, 6.45) is 0. The molecule has 2 aromatic carbocycles. The lowest BCUT2D eigenvalue weighted by Crippen LogP contribution is -2.37. The van der Waals surface area contributed by atoms with Crippen molar-refractivity contribution in [2.24, 2.45) is 4.99 Å². The molecular formula is C18H22BrN3. The second-order valence-corrected chi connectivity index (χ2v) is 5.20. The zero-order valence-corrected chi connectivity index (χ0v) is 14.5. The molecule has 2 aromatic rings. The number of halogens is 1. The van der Waals surface area contributed by atoms with Crippen molar-refractivity contribution in [3.8, 4) is 11.1 Å². The summed E-state index contributed by atoms with van der Waals surface area (Å²) < 4.78 is 0. The normalized spacial score (nSPS) is 13.5. The van der Waals surface area contributed by atoms with Crippen molar-refractivity contribution in [3.63, 3.8) is 0 Å². The molecule has 0 spiro atoms. The lowest BCUT2D eigenvalue weighted by atomic mass is 10.0. The van der Waals surface area contributed by atoms with Crippen LogP contribution in [0.1, 0.15) is 12.5 Å². The van der Waals surface area contributed by atoms with Gasteiger partial charge in [0.1, 0.15) is 0 Å². The average molecular weight is 360 g/mol. The molecule has 3 nitrogen and oxygen atoms in total. The number of aliphatic imine (C=N–C) groups is 1. The van der Waals surface area contributed by atoms with Crippen LogP contribution < -0.4 is 5.32 Å². The van der Waals surface area contributed by atoms with Gasteiger partial charge in [0, 0.05) is 19.6 Å². The minimum atomic E-state index is 0. The molecule has 22 heavy (non-hydrogen) atoms. The summed E-state index contributed by atoms with van der Waals surface area (Å²) in [5.74, 6) is 1.03. The summed E-state index contributed by atoms with van der Waals surface area (Å²) >= 11 is 0. The van der Waals surface area contributed by atoms with Crippen molar-refractivity contribution in [2.45, 2.75) is 13.5 Å². The fraction of sp³-hybridized carbons (Fsp3) is 0.278. The van der Waals surface area contributed by atoms with Crippen molar-refractivity contribution >= 4 is 22.9 Å². The molecule has 3 rings (SSSR count). The third-order valence-electron chi connectivity index (χ3n) is 3.82. The Balaban J connectivity index is 0.00000176. The van der Waals surface area contributed by atoms with Gasteiger partial charge in [0.05, 0.1) is 6.54 Å². The van der Waals surface area contributed by atoms with E-state index < -0.39 is 0 Å². The van der Waals surface area contributed by atoms with Crippen LogP contribution in [0.15, 0.2) is 59.6 Å². The Morgan fingerprint density at radius 3 is 2.36 bits per heavy atom. The quantitative estimate of drug-likeness (QED) is 0.900. The molecule has 0 saturated carbocycles. The van der Waals surface area contributed by atoms with Gasteiger partial charge in [-0.25, -0.2) is 0 Å². The van der Waals surface area contributed by atoms with Crippen LogP contribution in [0, 0.1) is 0 Å². The first-order valence-electron chi connectivity index (χ1n) is 7.54. The minimum Gasteiger partial charge on any atom is -0.352 e. The van der Waals surface area contributed by atoms with E-state index in [1.165, 1.54) is 16.7 Å². The van der Waals surface area contributed by atoms with Crippen LogP contribution in [-0.4, -0.2) is 30.5 Å². The highest BCUT2D eigenvalue weighted by Crippen LogP contribution is 2.19. The zero-order chi connectivity index (χ0) is 14.5. The van der Waals surface area contributed by atoms with E-state index >= 15 is 0 Å². The first-order valence-corrected chi connectivity index (χ1v) is 7.54. The molecule has 0 amide bonds. The van der Waals surface area contributed by atoms with Crippen LogP contribution in [0.3, 0.4) is 0 Å². The SMILES string of the molecule is Br.CCN1CCN=C1NCc1ccc(-c2ccccc2)cc1. The zero-order valence-electron chi connectivity index (χ0n) is 12.8. The van der Waals surface area contributed by atoms with E-state index in [0.717, 1.165) is 32.1 Å². The molecule has 0 atom stereocenters. The predicted molar refractivity (Wildman–Crippen MR) is 98.6 cm³/mol. The standard InChI is InChI=1S/C18H21N3.BrH/c1-2-21-13-12-19-18(21)20-14-15-8-10-17(11-9-15)16-6-4-3-5-7-16;/h3-11H,2,12-14H2,1H3,(H,19,20);1H. The van der Waals surface area contributed by atoms with E-state index in [0.29, 0.717) is 0 Å². The van der Waals surface area contributed by atoms with Crippen LogP contribution in [0.25, 0.3) is 11.1 Å². The second kappa shape index (κ2) is 7.99. The lowest BCUT2D eigenvalue weighted by Gasteiger charge is -2.18. The van der Waals surface area contributed by atoms with Gasteiger partial charge in [0.25, 0.3) is 0 Å². The number of rotatable bonds is 4. The lowest BCUT2D eigenvalue weighted by molar-refractivity contribution is 0.466. The topological polar surface area (TPSA) is 27.6 Å². The largest absolute Gasteiger partial charge is 0.352 e. The van der Waals surface area contributed by atoms with Crippen LogP contribution in [-0.2, 0) is 6.54 Å². The van der Waals surface area contributed by atoms with Crippen molar-refractivity contribution in [1.82, 2.24) is 10.2 Å². The molecular weight excluding hydrogens is 338 g/mol. The van der Waals surface area contributed by atoms with Gasteiger partial charge in [-0.05, 0) is 23.6 Å². The van der Waals surface area contributed by atoms with E-state index in [-0.39, 0.29) is 17.0 Å². The van der Waals surface area contributed by atoms with Gasteiger partial charge < -0.3 is 10.2 Å². The fourth-order valence-electron chi connectivity index (χ4n) is 2.58. The Bertz CT molecular complexity index is 608. The van der Waals surface area contributed by atoms with E-state index in [1.54, 1.807) is 0 Å². The number of likely N-dealkylation sites (N-methyl/N-ethyl adjacent to an activating group) is 1. The summed E-state index contributed by atoms with van der Waals surface area (Å²) in [6, 6.07) is 19.2. The van der Waals surface area contributed by atoms with Gasteiger partial charge in [-0.3, -0.25) is 4.99 Å². The molecule has 1 N–H and O–H groups in total. The Morgan fingerprint density at radius 1 is 1.00 bits per heavy atom. The van der Waals surface area contributed by atoms with Crippen molar-refractivity contribution < 1.29 is 0 Å². The highest BCUT2D eigenvalue weighted by Gasteiger charge is 2.13. The minimum absolute atomic E-state index is 0. The highest BCUT2D eigenvalue weighted by molar-refractivity contribution is 8.93. The maximum atomic E-state index is 4.50. The third kappa shape index (κ3) is 3.89. The maximum absolute atomic E-state index is 4.50. The van der Waals surface area contributed by atoms with E-state index in [1.807, 2.05) is 6.07 Å². The first-order chi connectivity index (χ1) is 10.4. The van der Waals surface area contributed by atoms with Crippen molar-refractivity contribution in [2.75, 3.05) is 19.6 Å².